The number of carbonyl (C=O) groups excluding carboxylic acids is 1. The second kappa shape index (κ2) is 5.36. The van der Waals surface area contributed by atoms with E-state index in [4.69, 9.17) is 16.2 Å². The van der Waals surface area contributed by atoms with Gasteiger partial charge in [0.05, 0.1) is 13.2 Å². The van der Waals surface area contributed by atoms with E-state index in [1.54, 1.807) is 7.11 Å². The summed E-state index contributed by atoms with van der Waals surface area (Å²) >= 11 is 0. The van der Waals surface area contributed by atoms with E-state index in [2.05, 4.69) is 0 Å². The molecule has 4 N–H and O–H groups in total. The van der Waals surface area contributed by atoms with Crippen molar-refractivity contribution in [2.24, 2.45) is 11.5 Å². The van der Waals surface area contributed by atoms with Gasteiger partial charge in [0.15, 0.2) is 0 Å². The highest BCUT2D eigenvalue weighted by Crippen LogP contribution is 2.12. The molecule has 15 heavy (non-hydrogen) atoms. The first-order valence-electron chi connectivity index (χ1n) is 4.81. The number of hydrogen-bond acceptors (Lipinski definition) is 3. The minimum Gasteiger partial charge on any atom is -0.497 e. The molecular formula is C11H16N2O2. The van der Waals surface area contributed by atoms with Crippen LogP contribution in [0, 0.1) is 0 Å². The third-order valence-electron chi connectivity index (χ3n) is 2.27. The van der Waals surface area contributed by atoms with Gasteiger partial charge in [0.25, 0.3) is 0 Å². The van der Waals surface area contributed by atoms with E-state index in [0.29, 0.717) is 6.42 Å². The van der Waals surface area contributed by atoms with Crippen LogP contribution in [0.1, 0.15) is 12.0 Å². The molecule has 0 aromatic heterocycles. The SMILES string of the molecule is COc1ccc(CCC(N)C(N)=O)cc1. The van der Waals surface area contributed by atoms with Gasteiger partial charge in [0.1, 0.15) is 5.75 Å². The van der Waals surface area contributed by atoms with Gasteiger partial charge in [-0.25, -0.2) is 0 Å². The van der Waals surface area contributed by atoms with E-state index < -0.39 is 11.9 Å². The molecule has 1 aromatic carbocycles. The van der Waals surface area contributed by atoms with Gasteiger partial charge in [-0.15, -0.1) is 0 Å². The summed E-state index contributed by atoms with van der Waals surface area (Å²) in [5.41, 5.74) is 11.7. The molecule has 0 fully saturated rings. The van der Waals surface area contributed by atoms with Crippen molar-refractivity contribution in [2.75, 3.05) is 7.11 Å². The Hall–Kier alpha value is -1.55. The summed E-state index contributed by atoms with van der Waals surface area (Å²) in [5.74, 6) is 0.362. The van der Waals surface area contributed by atoms with Gasteiger partial charge >= 0.3 is 0 Å². The Bertz CT molecular complexity index is 322. The summed E-state index contributed by atoms with van der Waals surface area (Å²) in [4.78, 5) is 10.7. The van der Waals surface area contributed by atoms with Crippen LogP contribution in [0.4, 0.5) is 0 Å². The maximum absolute atomic E-state index is 10.7. The molecule has 0 spiro atoms. The molecule has 0 aliphatic rings. The average Bonchev–Trinajstić information content (AvgIpc) is 2.26. The van der Waals surface area contributed by atoms with Crippen LogP contribution in [0.3, 0.4) is 0 Å². The van der Waals surface area contributed by atoms with Crippen LogP contribution in [0.5, 0.6) is 5.75 Å². The molecule has 0 saturated carbocycles. The first-order valence-corrected chi connectivity index (χ1v) is 4.81. The molecule has 0 radical (unpaired) electrons. The molecule has 82 valence electrons. The lowest BCUT2D eigenvalue weighted by atomic mass is 10.1. The third kappa shape index (κ3) is 3.59. The zero-order valence-corrected chi connectivity index (χ0v) is 8.77. The number of ether oxygens (including phenoxy) is 1. The Morgan fingerprint density at radius 1 is 1.40 bits per heavy atom. The zero-order valence-electron chi connectivity index (χ0n) is 8.77. The average molecular weight is 208 g/mol. The van der Waals surface area contributed by atoms with Gasteiger partial charge in [0, 0.05) is 0 Å². The number of aryl methyl sites for hydroxylation is 1. The lowest BCUT2D eigenvalue weighted by molar-refractivity contribution is -0.119. The number of methoxy groups -OCH3 is 1. The van der Waals surface area contributed by atoms with Crippen molar-refractivity contribution < 1.29 is 9.53 Å². The smallest absolute Gasteiger partial charge is 0.234 e. The van der Waals surface area contributed by atoms with E-state index in [-0.39, 0.29) is 0 Å². The second-order valence-corrected chi connectivity index (χ2v) is 3.40. The van der Waals surface area contributed by atoms with Crippen molar-refractivity contribution in [3.8, 4) is 5.75 Å². The van der Waals surface area contributed by atoms with E-state index >= 15 is 0 Å². The Labute approximate surface area is 89.2 Å². The van der Waals surface area contributed by atoms with Crippen molar-refractivity contribution in [2.45, 2.75) is 18.9 Å². The van der Waals surface area contributed by atoms with Crippen LogP contribution in [0.25, 0.3) is 0 Å². The number of nitrogens with two attached hydrogens (primary N) is 2. The van der Waals surface area contributed by atoms with E-state index in [1.807, 2.05) is 24.3 Å². The lowest BCUT2D eigenvalue weighted by Gasteiger charge is -2.07. The molecule has 0 saturated heterocycles. The van der Waals surface area contributed by atoms with E-state index in [0.717, 1.165) is 17.7 Å². The summed E-state index contributed by atoms with van der Waals surface area (Å²) in [6, 6.07) is 7.10. The first kappa shape index (κ1) is 11.5. The molecule has 1 rings (SSSR count). The quantitative estimate of drug-likeness (QED) is 0.737. The summed E-state index contributed by atoms with van der Waals surface area (Å²) in [6.45, 7) is 0. The highest BCUT2D eigenvalue weighted by atomic mass is 16.5. The summed E-state index contributed by atoms with van der Waals surface area (Å²) in [7, 11) is 1.62. The van der Waals surface area contributed by atoms with Crippen LogP contribution in [-0.2, 0) is 11.2 Å². The predicted molar refractivity (Wildman–Crippen MR) is 58.5 cm³/mol. The van der Waals surface area contributed by atoms with Gasteiger partial charge in [0.2, 0.25) is 5.91 Å². The number of primary amides is 1. The molecule has 4 heteroatoms. The van der Waals surface area contributed by atoms with Crippen LogP contribution in [0.15, 0.2) is 24.3 Å². The molecule has 0 aliphatic heterocycles. The van der Waals surface area contributed by atoms with Crippen LogP contribution >= 0.6 is 0 Å². The topological polar surface area (TPSA) is 78.3 Å². The molecule has 0 heterocycles. The van der Waals surface area contributed by atoms with Gasteiger partial charge in [-0.2, -0.15) is 0 Å². The van der Waals surface area contributed by atoms with Crippen LogP contribution in [-0.4, -0.2) is 19.1 Å². The van der Waals surface area contributed by atoms with Crippen molar-refractivity contribution in [3.63, 3.8) is 0 Å². The van der Waals surface area contributed by atoms with E-state index in [9.17, 15) is 4.79 Å². The summed E-state index contributed by atoms with van der Waals surface area (Å²) in [6.07, 6.45) is 1.32. The third-order valence-corrected chi connectivity index (χ3v) is 2.27. The molecule has 4 nitrogen and oxygen atoms in total. The Kier molecular flexibility index (Phi) is 4.12. The predicted octanol–water partition coefficient (Wildman–Crippen LogP) is 0.440. The zero-order chi connectivity index (χ0) is 11.3. The van der Waals surface area contributed by atoms with Crippen molar-refractivity contribution in [3.05, 3.63) is 29.8 Å². The number of carbonyl (C=O) groups is 1. The highest BCUT2D eigenvalue weighted by Gasteiger charge is 2.08. The molecule has 1 unspecified atom stereocenters. The van der Waals surface area contributed by atoms with Crippen molar-refractivity contribution in [1.29, 1.82) is 0 Å². The lowest BCUT2D eigenvalue weighted by Crippen LogP contribution is -2.36. The standard InChI is InChI=1S/C11H16N2O2/c1-15-9-5-2-8(3-6-9)4-7-10(12)11(13)14/h2-3,5-6,10H,4,7,12H2,1H3,(H2,13,14). The number of rotatable bonds is 5. The normalized spacial score (nSPS) is 12.1. The summed E-state index contributed by atoms with van der Waals surface area (Å²) < 4.78 is 5.03. The van der Waals surface area contributed by atoms with Gasteiger partial charge in [-0.1, -0.05) is 12.1 Å². The minimum atomic E-state index is -0.563. The largest absolute Gasteiger partial charge is 0.497 e. The van der Waals surface area contributed by atoms with Crippen LogP contribution in [0.2, 0.25) is 0 Å². The van der Waals surface area contributed by atoms with Gasteiger partial charge < -0.3 is 16.2 Å². The fraction of sp³-hybridized carbons (Fsp3) is 0.364. The Balaban J connectivity index is 2.47. The second-order valence-electron chi connectivity index (χ2n) is 3.40. The number of hydrogen-bond donors (Lipinski definition) is 2. The molecule has 0 bridgehead atoms. The van der Waals surface area contributed by atoms with Crippen molar-refractivity contribution in [1.82, 2.24) is 0 Å². The maximum Gasteiger partial charge on any atom is 0.234 e. The summed E-state index contributed by atoms with van der Waals surface area (Å²) in [5, 5.41) is 0. The Morgan fingerprint density at radius 2 is 2.00 bits per heavy atom. The fourth-order valence-electron chi connectivity index (χ4n) is 1.26. The first-order chi connectivity index (χ1) is 7.13. The van der Waals surface area contributed by atoms with Gasteiger partial charge in [-0.3, -0.25) is 4.79 Å². The highest BCUT2D eigenvalue weighted by molar-refractivity contribution is 5.79. The molecule has 1 aromatic rings. The maximum atomic E-state index is 10.7. The minimum absolute atomic E-state index is 0.455. The molecule has 1 atom stereocenters. The molecular weight excluding hydrogens is 192 g/mol. The fourth-order valence-corrected chi connectivity index (χ4v) is 1.26. The Morgan fingerprint density at radius 3 is 2.47 bits per heavy atom. The van der Waals surface area contributed by atoms with Crippen LogP contribution < -0.4 is 16.2 Å². The monoisotopic (exact) mass is 208 g/mol. The molecule has 0 aliphatic carbocycles. The van der Waals surface area contributed by atoms with E-state index in [1.165, 1.54) is 0 Å². The molecule has 1 amide bonds. The number of benzene rings is 1. The van der Waals surface area contributed by atoms with Crippen molar-refractivity contribution >= 4 is 5.91 Å². The number of amides is 1. The van der Waals surface area contributed by atoms with Gasteiger partial charge in [-0.05, 0) is 30.5 Å².